The van der Waals surface area contributed by atoms with Crippen LogP contribution in [0.25, 0.3) is 0 Å². The minimum atomic E-state index is -0.388. The molecule has 7 nitrogen and oxygen atoms in total. The Kier molecular flexibility index (Phi) is 4.89. The quantitative estimate of drug-likeness (QED) is 0.863. The van der Waals surface area contributed by atoms with Crippen LogP contribution in [0.15, 0.2) is 18.2 Å². The number of nitrogens with one attached hydrogen (secondary N) is 2. The minimum Gasteiger partial charge on any atom is -0.375 e. The first-order chi connectivity index (χ1) is 11.6. The normalized spacial score (nSPS) is 17.1. The molecule has 24 heavy (non-hydrogen) atoms. The zero-order chi connectivity index (χ0) is 17.1. The number of amides is 4. The largest absolute Gasteiger partial charge is 0.375 e. The van der Waals surface area contributed by atoms with Gasteiger partial charge in [0.05, 0.1) is 12.1 Å². The smallest absolute Gasteiger partial charge is 0.324 e. The van der Waals surface area contributed by atoms with Gasteiger partial charge in [-0.05, 0) is 31.0 Å². The molecule has 2 aliphatic heterocycles. The molecule has 0 aromatic heterocycles. The second-order valence-electron chi connectivity index (χ2n) is 5.82. The van der Waals surface area contributed by atoms with E-state index in [-0.39, 0.29) is 24.4 Å². The highest BCUT2D eigenvalue weighted by molar-refractivity contribution is 6.31. The molecule has 8 heteroatoms. The Morgan fingerprint density at radius 2 is 1.96 bits per heavy atom. The van der Waals surface area contributed by atoms with Gasteiger partial charge >= 0.3 is 6.03 Å². The van der Waals surface area contributed by atoms with Gasteiger partial charge in [-0.3, -0.25) is 14.5 Å². The Morgan fingerprint density at radius 3 is 2.62 bits per heavy atom. The van der Waals surface area contributed by atoms with Crippen LogP contribution in [-0.4, -0.2) is 60.4 Å². The van der Waals surface area contributed by atoms with E-state index in [0.717, 1.165) is 30.8 Å². The Morgan fingerprint density at radius 1 is 1.21 bits per heavy atom. The fraction of sp³-hybridized carbons (Fsp3) is 0.438. The second kappa shape index (κ2) is 7.09. The third-order valence-electron chi connectivity index (χ3n) is 4.19. The van der Waals surface area contributed by atoms with Crippen molar-refractivity contribution in [3.8, 4) is 0 Å². The summed E-state index contributed by atoms with van der Waals surface area (Å²) in [7, 11) is 0. The lowest BCUT2D eigenvalue weighted by Crippen LogP contribution is -2.38. The van der Waals surface area contributed by atoms with Crippen molar-refractivity contribution in [1.82, 2.24) is 15.1 Å². The fourth-order valence-electron chi connectivity index (χ4n) is 2.92. The lowest BCUT2D eigenvalue weighted by Gasteiger charge is -2.19. The zero-order valence-corrected chi connectivity index (χ0v) is 13.9. The molecule has 0 radical (unpaired) electrons. The second-order valence-corrected chi connectivity index (χ2v) is 6.26. The summed E-state index contributed by atoms with van der Waals surface area (Å²) < 4.78 is 0. The number of hydrogen-bond donors (Lipinski definition) is 2. The van der Waals surface area contributed by atoms with E-state index in [1.165, 1.54) is 0 Å². The van der Waals surface area contributed by atoms with Crippen LogP contribution in [-0.2, 0) is 4.79 Å². The maximum absolute atomic E-state index is 12.6. The summed E-state index contributed by atoms with van der Waals surface area (Å²) in [6.07, 6.45) is 2.01. The summed E-state index contributed by atoms with van der Waals surface area (Å²) in [5.41, 5.74) is 0.993. The summed E-state index contributed by atoms with van der Waals surface area (Å²) in [6.45, 7) is 2.23. The molecule has 1 aromatic carbocycles. The molecule has 2 fully saturated rings. The van der Waals surface area contributed by atoms with Gasteiger partial charge in [0.1, 0.15) is 0 Å². The highest BCUT2D eigenvalue weighted by atomic mass is 35.5. The third-order valence-corrected chi connectivity index (χ3v) is 4.43. The van der Waals surface area contributed by atoms with Crippen molar-refractivity contribution in [2.75, 3.05) is 38.0 Å². The molecule has 0 bridgehead atoms. The van der Waals surface area contributed by atoms with E-state index >= 15 is 0 Å². The number of urea groups is 1. The Bertz CT molecular complexity index is 673. The number of hydrogen-bond acceptors (Lipinski definition) is 4. The molecule has 3 rings (SSSR count). The number of imide groups is 1. The molecular formula is C16H19ClN4O3. The molecule has 2 saturated heterocycles. The van der Waals surface area contributed by atoms with E-state index in [4.69, 9.17) is 11.6 Å². The van der Waals surface area contributed by atoms with Crippen molar-refractivity contribution >= 4 is 35.1 Å². The summed E-state index contributed by atoms with van der Waals surface area (Å²) >= 11 is 6.02. The van der Waals surface area contributed by atoms with Gasteiger partial charge in [0.2, 0.25) is 5.91 Å². The molecular weight excluding hydrogens is 332 g/mol. The Balaban J connectivity index is 1.72. The lowest BCUT2D eigenvalue weighted by molar-refractivity contribution is -0.125. The van der Waals surface area contributed by atoms with Gasteiger partial charge in [-0.25, -0.2) is 4.79 Å². The van der Waals surface area contributed by atoms with Gasteiger partial charge in [0.15, 0.2) is 0 Å². The third kappa shape index (κ3) is 3.46. The molecule has 2 aliphatic rings. The van der Waals surface area contributed by atoms with Gasteiger partial charge < -0.3 is 15.5 Å². The van der Waals surface area contributed by atoms with Gasteiger partial charge in [-0.1, -0.05) is 11.6 Å². The first kappa shape index (κ1) is 16.6. The van der Waals surface area contributed by atoms with Crippen molar-refractivity contribution in [2.24, 2.45) is 0 Å². The summed E-state index contributed by atoms with van der Waals surface area (Å²) in [5.74, 6) is -0.414. The number of benzene rings is 1. The molecule has 0 aliphatic carbocycles. The number of likely N-dealkylation sites (tertiary alicyclic amines) is 1. The Labute approximate surface area is 144 Å². The predicted molar refractivity (Wildman–Crippen MR) is 90.2 cm³/mol. The van der Waals surface area contributed by atoms with Crippen LogP contribution < -0.4 is 10.6 Å². The molecule has 0 saturated carbocycles. The maximum atomic E-state index is 12.6. The van der Waals surface area contributed by atoms with Crippen molar-refractivity contribution in [3.05, 3.63) is 28.8 Å². The van der Waals surface area contributed by atoms with Crippen LogP contribution in [0.4, 0.5) is 10.5 Å². The van der Waals surface area contributed by atoms with Crippen LogP contribution in [0, 0.1) is 0 Å². The summed E-state index contributed by atoms with van der Waals surface area (Å²) in [5, 5.41) is 6.01. The van der Waals surface area contributed by atoms with Crippen molar-refractivity contribution in [2.45, 2.75) is 12.8 Å². The molecule has 128 valence electrons. The minimum absolute atomic E-state index is 0.0713. The molecule has 0 unspecified atom stereocenters. The molecule has 2 heterocycles. The highest BCUT2D eigenvalue weighted by Crippen LogP contribution is 2.24. The lowest BCUT2D eigenvalue weighted by atomic mass is 10.1. The summed E-state index contributed by atoms with van der Waals surface area (Å²) in [4.78, 5) is 39.2. The van der Waals surface area contributed by atoms with Crippen LogP contribution >= 0.6 is 11.6 Å². The molecule has 1 aromatic rings. The molecule has 4 amide bonds. The first-order valence-electron chi connectivity index (χ1n) is 7.97. The number of nitrogens with zero attached hydrogens (tertiary/aromatic N) is 2. The van der Waals surface area contributed by atoms with Crippen molar-refractivity contribution in [3.63, 3.8) is 0 Å². The number of halogens is 1. The maximum Gasteiger partial charge on any atom is 0.324 e. The van der Waals surface area contributed by atoms with E-state index in [9.17, 15) is 14.4 Å². The molecule has 2 N–H and O–H groups in total. The topological polar surface area (TPSA) is 81.8 Å². The van der Waals surface area contributed by atoms with Crippen molar-refractivity contribution < 1.29 is 14.4 Å². The summed E-state index contributed by atoms with van der Waals surface area (Å²) in [6, 6.07) is 4.56. The predicted octanol–water partition coefficient (Wildman–Crippen LogP) is 1.54. The SMILES string of the molecule is O=C(c1ccc(Cl)cc1NCC(=O)N1CCNC1=O)N1CCCC1. The van der Waals surface area contributed by atoms with Crippen LogP contribution in [0.2, 0.25) is 5.02 Å². The molecule has 0 atom stereocenters. The average Bonchev–Trinajstić information content (AvgIpc) is 3.23. The van der Waals surface area contributed by atoms with Gasteiger partial charge in [-0.15, -0.1) is 0 Å². The van der Waals surface area contributed by atoms with E-state index in [1.54, 1.807) is 23.1 Å². The van der Waals surface area contributed by atoms with E-state index in [1.807, 2.05) is 0 Å². The van der Waals surface area contributed by atoms with E-state index < -0.39 is 0 Å². The number of carbonyl (C=O) groups excluding carboxylic acids is 3. The zero-order valence-electron chi connectivity index (χ0n) is 13.2. The average molecular weight is 351 g/mol. The fourth-order valence-corrected chi connectivity index (χ4v) is 3.09. The number of anilines is 1. The van der Waals surface area contributed by atoms with E-state index in [0.29, 0.717) is 29.4 Å². The first-order valence-corrected chi connectivity index (χ1v) is 8.35. The monoisotopic (exact) mass is 350 g/mol. The number of carbonyl (C=O) groups is 3. The number of rotatable bonds is 4. The van der Waals surface area contributed by atoms with Crippen molar-refractivity contribution in [1.29, 1.82) is 0 Å². The highest BCUT2D eigenvalue weighted by Gasteiger charge is 2.26. The van der Waals surface area contributed by atoms with Crippen LogP contribution in [0.5, 0.6) is 0 Å². The van der Waals surface area contributed by atoms with Gasteiger partial charge in [0.25, 0.3) is 5.91 Å². The van der Waals surface area contributed by atoms with Crippen LogP contribution in [0.3, 0.4) is 0 Å². The van der Waals surface area contributed by atoms with Gasteiger partial charge in [0, 0.05) is 36.9 Å². The van der Waals surface area contributed by atoms with Crippen LogP contribution in [0.1, 0.15) is 23.2 Å². The van der Waals surface area contributed by atoms with E-state index in [2.05, 4.69) is 10.6 Å². The Hall–Kier alpha value is -2.28. The standard InChI is InChI=1S/C16H19ClN4O3/c17-11-3-4-12(15(23)20-6-1-2-7-20)13(9-11)19-10-14(22)21-8-5-18-16(21)24/h3-4,9,19H,1-2,5-8,10H2,(H,18,24). The molecule has 0 spiro atoms. The van der Waals surface area contributed by atoms with Gasteiger partial charge in [-0.2, -0.15) is 0 Å².